The molecular weight excluding hydrogens is 372 g/mol. The van der Waals surface area contributed by atoms with E-state index in [0.29, 0.717) is 30.6 Å². The number of aliphatic hydroxyl groups excluding tert-OH is 1. The predicted octanol–water partition coefficient (Wildman–Crippen LogP) is 2.87. The zero-order valence-electron chi connectivity index (χ0n) is 16.6. The smallest absolute Gasteiger partial charge is 0.262 e. The number of para-hydroxylation sites is 1. The maximum atomic E-state index is 11.6. The number of phenolic OH excluding ortho intramolecular Hbond substituents is 1. The lowest BCUT2D eigenvalue weighted by molar-refractivity contribution is -0.118. The molecule has 1 saturated carbocycles. The number of hydrogen-bond acceptors (Lipinski definition) is 6. The monoisotopic (exact) mass is 398 g/mol. The topological polar surface area (TPSA) is 91.3 Å². The molecule has 4 rings (SSSR count). The van der Waals surface area contributed by atoms with Crippen LogP contribution in [0.5, 0.6) is 17.2 Å². The van der Waals surface area contributed by atoms with Gasteiger partial charge in [-0.2, -0.15) is 0 Å². The van der Waals surface area contributed by atoms with E-state index in [1.807, 2.05) is 32.0 Å². The SMILES string of the molecule is Cc1cccc(C)c1OCN(CC(O)c1ccc(O)c2c1OCC(=O)N2)C1CC1. The van der Waals surface area contributed by atoms with Gasteiger partial charge in [0.25, 0.3) is 5.91 Å². The molecule has 1 aliphatic carbocycles. The second-order valence-electron chi connectivity index (χ2n) is 7.73. The van der Waals surface area contributed by atoms with Crippen molar-refractivity contribution in [2.45, 2.75) is 38.8 Å². The molecule has 2 aromatic rings. The van der Waals surface area contributed by atoms with Gasteiger partial charge in [-0.3, -0.25) is 9.69 Å². The van der Waals surface area contributed by atoms with Crippen LogP contribution in [0, 0.1) is 13.8 Å². The van der Waals surface area contributed by atoms with Crippen LogP contribution in [-0.2, 0) is 4.79 Å². The third kappa shape index (κ3) is 4.16. The number of carbonyl (C=O) groups excluding carboxylic acids is 1. The second kappa shape index (κ2) is 7.93. The first-order valence-corrected chi connectivity index (χ1v) is 9.83. The molecule has 154 valence electrons. The molecule has 2 aromatic carbocycles. The number of ether oxygens (including phenoxy) is 2. The van der Waals surface area contributed by atoms with Gasteiger partial charge < -0.3 is 25.0 Å². The molecular formula is C22H26N2O5. The number of nitrogens with one attached hydrogen (secondary N) is 1. The number of phenols is 1. The van der Waals surface area contributed by atoms with Gasteiger partial charge in [0.2, 0.25) is 0 Å². The fourth-order valence-corrected chi connectivity index (χ4v) is 3.68. The number of aromatic hydroxyl groups is 1. The van der Waals surface area contributed by atoms with Gasteiger partial charge in [0.1, 0.15) is 23.9 Å². The minimum absolute atomic E-state index is 0.0820. The highest BCUT2D eigenvalue weighted by Gasteiger charge is 2.33. The molecule has 1 unspecified atom stereocenters. The van der Waals surface area contributed by atoms with Crippen molar-refractivity contribution in [1.82, 2.24) is 4.90 Å². The Morgan fingerprint density at radius 2 is 1.97 bits per heavy atom. The van der Waals surface area contributed by atoms with Gasteiger partial charge in [0, 0.05) is 18.2 Å². The number of anilines is 1. The zero-order valence-corrected chi connectivity index (χ0v) is 16.6. The third-order valence-electron chi connectivity index (χ3n) is 5.39. The summed E-state index contributed by atoms with van der Waals surface area (Å²) in [7, 11) is 0. The van der Waals surface area contributed by atoms with E-state index in [0.717, 1.165) is 29.7 Å². The summed E-state index contributed by atoms with van der Waals surface area (Å²) in [6.45, 7) is 4.65. The lowest BCUT2D eigenvalue weighted by atomic mass is 10.0. The molecule has 29 heavy (non-hydrogen) atoms. The van der Waals surface area contributed by atoms with E-state index in [4.69, 9.17) is 9.47 Å². The molecule has 1 aliphatic heterocycles. The maximum Gasteiger partial charge on any atom is 0.262 e. The highest BCUT2D eigenvalue weighted by Crippen LogP contribution is 2.42. The van der Waals surface area contributed by atoms with Crippen molar-refractivity contribution in [3.63, 3.8) is 0 Å². The van der Waals surface area contributed by atoms with Gasteiger partial charge in [-0.05, 0) is 49.9 Å². The number of carbonyl (C=O) groups is 1. The lowest BCUT2D eigenvalue weighted by Gasteiger charge is -2.28. The summed E-state index contributed by atoms with van der Waals surface area (Å²) in [5.41, 5.74) is 2.91. The molecule has 0 bridgehead atoms. The number of hydrogen-bond donors (Lipinski definition) is 3. The van der Waals surface area contributed by atoms with Crippen LogP contribution in [0.1, 0.15) is 35.6 Å². The fraction of sp³-hybridized carbons (Fsp3) is 0.409. The zero-order chi connectivity index (χ0) is 20.5. The van der Waals surface area contributed by atoms with Gasteiger partial charge in [-0.1, -0.05) is 18.2 Å². The van der Waals surface area contributed by atoms with Crippen molar-refractivity contribution in [2.75, 3.05) is 25.2 Å². The predicted molar refractivity (Wildman–Crippen MR) is 108 cm³/mol. The number of amides is 1. The number of nitrogens with zero attached hydrogens (tertiary/aromatic N) is 1. The minimum atomic E-state index is -0.846. The van der Waals surface area contributed by atoms with Crippen molar-refractivity contribution < 1.29 is 24.5 Å². The van der Waals surface area contributed by atoms with Gasteiger partial charge in [0.05, 0.1) is 6.10 Å². The summed E-state index contributed by atoms with van der Waals surface area (Å²) in [4.78, 5) is 13.7. The molecule has 1 heterocycles. The molecule has 0 radical (unpaired) electrons. The van der Waals surface area contributed by atoms with Crippen molar-refractivity contribution in [3.05, 3.63) is 47.0 Å². The summed E-state index contributed by atoms with van der Waals surface area (Å²) < 4.78 is 11.6. The molecule has 0 aromatic heterocycles. The Morgan fingerprint density at radius 1 is 1.24 bits per heavy atom. The Hall–Kier alpha value is -2.77. The third-order valence-corrected chi connectivity index (χ3v) is 5.39. The molecule has 0 spiro atoms. The van der Waals surface area contributed by atoms with E-state index in [9.17, 15) is 15.0 Å². The van der Waals surface area contributed by atoms with E-state index in [-0.39, 0.29) is 24.0 Å². The lowest BCUT2D eigenvalue weighted by Crippen LogP contribution is -2.35. The molecule has 7 nitrogen and oxygen atoms in total. The molecule has 2 aliphatic rings. The van der Waals surface area contributed by atoms with E-state index >= 15 is 0 Å². The van der Waals surface area contributed by atoms with Gasteiger partial charge in [0.15, 0.2) is 12.4 Å². The quantitative estimate of drug-likeness (QED) is 0.491. The first-order chi connectivity index (χ1) is 13.9. The van der Waals surface area contributed by atoms with Gasteiger partial charge >= 0.3 is 0 Å². The van der Waals surface area contributed by atoms with Crippen molar-refractivity contribution in [2.24, 2.45) is 0 Å². The molecule has 1 fully saturated rings. The number of rotatable bonds is 7. The fourth-order valence-electron chi connectivity index (χ4n) is 3.68. The Kier molecular flexibility index (Phi) is 5.34. The number of aryl methyl sites for hydroxylation is 2. The van der Waals surface area contributed by atoms with Crippen molar-refractivity contribution in [3.8, 4) is 17.2 Å². The highest BCUT2D eigenvalue weighted by atomic mass is 16.5. The minimum Gasteiger partial charge on any atom is -0.506 e. The molecule has 0 saturated heterocycles. The first kappa shape index (κ1) is 19.5. The van der Waals surface area contributed by atoms with Crippen LogP contribution in [0.25, 0.3) is 0 Å². The molecule has 3 N–H and O–H groups in total. The Morgan fingerprint density at radius 3 is 2.66 bits per heavy atom. The van der Waals surface area contributed by atoms with Gasteiger partial charge in [-0.15, -0.1) is 0 Å². The molecule has 7 heteroatoms. The van der Waals surface area contributed by atoms with Crippen LogP contribution in [0.3, 0.4) is 0 Å². The van der Waals surface area contributed by atoms with Gasteiger partial charge in [-0.25, -0.2) is 0 Å². The summed E-state index contributed by atoms with van der Waals surface area (Å²) >= 11 is 0. The van der Waals surface area contributed by atoms with Crippen LogP contribution >= 0.6 is 0 Å². The van der Waals surface area contributed by atoms with Crippen LogP contribution in [-0.4, -0.2) is 46.9 Å². The summed E-state index contributed by atoms with van der Waals surface area (Å²) in [5, 5.41) is 23.5. The van der Waals surface area contributed by atoms with Crippen LogP contribution in [0.15, 0.2) is 30.3 Å². The van der Waals surface area contributed by atoms with E-state index in [1.54, 1.807) is 6.07 Å². The van der Waals surface area contributed by atoms with Crippen molar-refractivity contribution >= 4 is 11.6 Å². The molecule has 1 amide bonds. The highest BCUT2D eigenvalue weighted by molar-refractivity contribution is 5.97. The standard InChI is InChI=1S/C22H26N2O5/c1-13-4-3-5-14(2)21(13)29-12-24(15-6-7-15)10-18(26)16-8-9-17(25)20-22(16)28-11-19(27)23-20/h3-5,8-9,15,18,25-26H,6-7,10-12H2,1-2H3,(H,23,27). The molecule has 1 atom stereocenters. The van der Waals surface area contributed by atoms with E-state index in [1.165, 1.54) is 6.07 Å². The number of benzene rings is 2. The summed E-state index contributed by atoms with van der Waals surface area (Å²) in [5.74, 6) is 0.784. The normalized spacial score (nSPS) is 16.8. The van der Waals surface area contributed by atoms with Crippen molar-refractivity contribution in [1.29, 1.82) is 0 Å². The number of fused-ring (bicyclic) bond motifs is 1. The maximum absolute atomic E-state index is 11.6. The van der Waals surface area contributed by atoms with E-state index < -0.39 is 6.10 Å². The Bertz CT molecular complexity index is 905. The Labute approximate surface area is 169 Å². The van der Waals surface area contributed by atoms with Crippen LogP contribution in [0.4, 0.5) is 5.69 Å². The summed E-state index contributed by atoms with van der Waals surface area (Å²) in [6, 6.07) is 9.52. The Balaban J connectivity index is 1.50. The largest absolute Gasteiger partial charge is 0.506 e. The number of aliphatic hydroxyl groups is 1. The average molecular weight is 398 g/mol. The summed E-state index contributed by atoms with van der Waals surface area (Å²) in [6.07, 6.45) is 1.30. The van der Waals surface area contributed by atoms with Crippen LogP contribution < -0.4 is 14.8 Å². The first-order valence-electron chi connectivity index (χ1n) is 9.83. The second-order valence-corrected chi connectivity index (χ2v) is 7.73. The van der Waals surface area contributed by atoms with Crippen LogP contribution in [0.2, 0.25) is 0 Å². The van der Waals surface area contributed by atoms with E-state index in [2.05, 4.69) is 10.2 Å². The average Bonchev–Trinajstić information content (AvgIpc) is 3.52.